The molecule has 0 saturated heterocycles. The van der Waals surface area contributed by atoms with Crippen molar-refractivity contribution in [1.82, 2.24) is 0 Å². The van der Waals surface area contributed by atoms with Crippen molar-refractivity contribution in [2.24, 2.45) is 5.73 Å². The van der Waals surface area contributed by atoms with Crippen molar-refractivity contribution in [1.29, 1.82) is 0 Å². The second kappa shape index (κ2) is 8.95. The number of nitrogens with two attached hydrogens (primary N) is 1. The zero-order valence-corrected chi connectivity index (χ0v) is 12.6. The minimum absolute atomic E-state index is 0.302. The highest BCUT2D eigenvalue weighted by atomic mass is 16.5. The maximum Gasteiger partial charge on any atom is 0.119 e. The lowest BCUT2D eigenvalue weighted by atomic mass is 10.00. The molecule has 4 heteroatoms. The number of unbranched alkanes of at least 4 members (excludes halogenated alkanes) is 1. The fraction of sp³-hybridized carbons (Fsp3) is 0.625. The van der Waals surface area contributed by atoms with Gasteiger partial charge in [0.15, 0.2) is 0 Å². The number of hydrogen-bond donors (Lipinski definition) is 2. The molecule has 0 spiro atoms. The van der Waals surface area contributed by atoms with Crippen LogP contribution in [0.3, 0.4) is 0 Å². The summed E-state index contributed by atoms with van der Waals surface area (Å²) in [5, 5.41) is 9.76. The lowest BCUT2D eigenvalue weighted by Crippen LogP contribution is -2.33. The molecule has 1 atom stereocenters. The van der Waals surface area contributed by atoms with Crippen LogP contribution in [0.25, 0.3) is 0 Å². The summed E-state index contributed by atoms with van der Waals surface area (Å²) in [5.74, 6) is 0.886. The van der Waals surface area contributed by atoms with Gasteiger partial charge >= 0.3 is 0 Å². The van der Waals surface area contributed by atoms with Gasteiger partial charge in [0.2, 0.25) is 0 Å². The van der Waals surface area contributed by atoms with E-state index in [0.717, 1.165) is 31.6 Å². The fourth-order valence-corrected chi connectivity index (χ4v) is 1.87. The van der Waals surface area contributed by atoms with E-state index in [1.54, 1.807) is 14.0 Å². The van der Waals surface area contributed by atoms with E-state index in [1.165, 1.54) is 5.56 Å². The van der Waals surface area contributed by atoms with Crippen molar-refractivity contribution in [3.63, 3.8) is 0 Å². The number of benzene rings is 1. The van der Waals surface area contributed by atoms with Crippen LogP contribution in [-0.4, -0.2) is 37.6 Å². The van der Waals surface area contributed by atoms with Crippen LogP contribution in [0.5, 0.6) is 5.75 Å². The van der Waals surface area contributed by atoms with Crippen LogP contribution in [0.4, 0.5) is 0 Å². The molecule has 0 aromatic heterocycles. The first-order valence-corrected chi connectivity index (χ1v) is 7.20. The summed E-state index contributed by atoms with van der Waals surface area (Å²) in [4.78, 5) is 0. The van der Waals surface area contributed by atoms with Gasteiger partial charge in [0.25, 0.3) is 0 Å². The van der Waals surface area contributed by atoms with Crippen LogP contribution < -0.4 is 10.5 Å². The maximum absolute atomic E-state index is 9.76. The molecule has 3 N–H and O–H groups in total. The first-order chi connectivity index (χ1) is 9.57. The predicted octanol–water partition coefficient (Wildman–Crippen LogP) is 2.13. The highest BCUT2D eigenvalue weighted by molar-refractivity contribution is 5.27. The maximum atomic E-state index is 9.76. The molecule has 0 radical (unpaired) electrons. The molecule has 0 heterocycles. The highest BCUT2D eigenvalue weighted by Crippen LogP contribution is 2.15. The van der Waals surface area contributed by atoms with E-state index in [4.69, 9.17) is 15.2 Å². The van der Waals surface area contributed by atoms with Crippen LogP contribution in [0, 0.1) is 0 Å². The van der Waals surface area contributed by atoms with Crippen molar-refractivity contribution in [3.05, 3.63) is 29.8 Å². The van der Waals surface area contributed by atoms with Crippen LogP contribution in [0.15, 0.2) is 24.3 Å². The van der Waals surface area contributed by atoms with Crippen molar-refractivity contribution in [2.45, 2.75) is 38.2 Å². The molecule has 0 aliphatic rings. The molecule has 0 saturated carbocycles. The first kappa shape index (κ1) is 17.0. The Morgan fingerprint density at radius 2 is 1.85 bits per heavy atom. The normalized spacial score (nSPS) is 14.0. The van der Waals surface area contributed by atoms with Gasteiger partial charge in [-0.05, 0) is 50.3 Å². The van der Waals surface area contributed by atoms with E-state index >= 15 is 0 Å². The van der Waals surface area contributed by atoms with Crippen LogP contribution in [0.2, 0.25) is 0 Å². The molecule has 114 valence electrons. The van der Waals surface area contributed by atoms with E-state index in [0.29, 0.717) is 19.6 Å². The van der Waals surface area contributed by atoms with E-state index < -0.39 is 5.60 Å². The van der Waals surface area contributed by atoms with Gasteiger partial charge in [-0.15, -0.1) is 0 Å². The lowest BCUT2D eigenvalue weighted by Gasteiger charge is -2.20. The topological polar surface area (TPSA) is 64.7 Å². The van der Waals surface area contributed by atoms with E-state index in [-0.39, 0.29) is 0 Å². The summed E-state index contributed by atoms with van der Waals surface area (Å²) in [6, 6.07) is 8.10. The Morgan fingerprint density at radius 1 is 1.15 bits per heavy atom. The average Bonchev–Trinajstić information content (AvgIpc) is 2.46. The van der Waals surface area contributed by atoms with Crippen LogP contribution in [-0.2, 0) is 11.2 Å². The smallest absolute Gasteiger partial charge is 0.119 e. The van der Waals surface area contributed by atoms with Gasteiger partial charge in [-0.2, -0.15) is 0 Å². The molecule has 1 aromatic rings. The third kappa shape index (κ3) is 6.89. The van der Waals surface area contributed by atoms with Crippen molar-refractivity contribution >= 4 is 0 Å². The molecule has 1 unspecified atom stereocenters. The molecule has 0 fully saturated rings. The molecule has 0 aliphatic heterocycles. The number of aliphatic hydroxyl groups is 1. The van der Waals surface area contributed by atoms with Gasteiger partial charge < -0.3 is 20.3 Å². The van der Waals surface area contributed by atoms with Crippen molar-refractivity contribution in [3.8, 4) is 5.75 Å². The fourth-order valence-electron chi connectivity index (χ4n) is 1.87. The Balaban J connectivity index is 2.19. The van der Waals surface area contributed by atoms with Crippen molar-refractivity contribution < 1.29 is 14.6 Å². The van der Waals surface area contributed by atoms with E-state index in [9.17, 15) is 5.11 Å². The predicted molar refractivity (Wildman–Crippen MR) is 81.0 cm³/mol. The molecule has 0 aliphatic carbocycles. The Bertz CT molecular complexity index is 362. The monoisotopic (exact) mass is 281 g/mol. The Labute approximate surface area is 121 Å². The number of hydrogen-bond acceptors (Lipinski definition) is 4. The molecule has 0 bridgehead atoms. The molecular formula is C16H27NO3. The number of rotatable bonds is 10. The summed E-state index contributed by atoms with van der Waals surface area (Å²) in [6.07, 6.45) is 3.46. The minimum atomic E-state index is -0.747. The first-order valence-electron chi connectivity index (χ1n) is 7.20. The zero-order valence-electron chi connectivity index (χ0n) is 12.6. The SMILES string of the molecule is COCCc1ccc(OCCCCC(C)(O)CN)cc1. The third-order valence-corrected chi connectivity index (χ3v) is 3.34. The summed E-state index contributed by atoms with van der Waals surface area (Å²) in [5.41, 5.74) is 5.97. The minimum Gasteiger partial charge on any atom is -0.494 e. The second-order valence-corrected chi connectivity index (χ2v) is 5.39. The Kier molecular flexibility index (Phi) is 7.59. The van der Waals surface area contributed by atoms with Crippen LogP contribution in [0.1, 0.15) is 31.7 Å². The largest absolute Gasteiger partial charge is 0.494 e. The van der Waals surface area contributed by atoms with Gasteiger partial charge in [-0.25, -0.2) is 0 Å². The lowest BCUT2D eigenvalue weighted by molar-refractivity contribution is 0.0562. The van der Waals surface area contributed by atoms with E-state index in [1.807, 2.05) is 12.1 Å². The van der Waals surface area contributed by atoms with Crippen molar-refractivity contribution in [2.75, 3.05) is 26.9 Å². The summed E-state index contributed by atoms with van der Waals surface area (Å²) < 4.78 is 10.7. The van der Waals surface area contributed by atoms with Crippen LogP contribution >= 0.6 is 0 Å². The quantitative estimate of drug-likeness (QED) is 0.645. The average molecular weight is 281 g/mol. The molecule has 20 heavy (non-hydrogen) atoms. The Morgan fingerprint density at radius 3 is 2.45 bits per heavy atom. The highest BCUT2D eigenvalue weighted by Gasteiger charge is 2.16. The molecule has 1 rings (SSSR count). The van der Waals surface area contributed by atoms with Gasteiger partial charge in [-0.3, -0.25) is 0 Å². The molecule has 0 amide bonds. The summed E-state index contributed by atoms with van der Waals surface area (Å²) in [7, 11) is 1.71. The van der Waals surface area contributed by atoms with E-state index in [2.05, 4.69) is 12.1 Å². The third-order valence-electron chi connectivity index (χ3n) is 3.34. The number of ether oxygens (including phenoxy) is 2. The summed E-state index contributed by atoms with van der Waals surface area (Å²) in [6.45, 7) is 3.47. The zero-order chi connectivity index (χ0) is 14.8. The standard InChI is InChI=1S/C16H27NO3/c1-16(18,13-17)10-3-4-11-20-15-7-5-14(6-8-15)9-12-19-2/h5-8,18H,3-4,9-13,17H2,1-2H3. The van der Waals surface area contributed by atoms with Gasteiger partial charge in [0.1, 0.15) is 5.75 Å². The molecule has 1 aromatic carbocycles. The Hall–Kier alpha value is -1.10. The van der Waals surface area contributed by atoms with Gasteiger partial charge in [0.05, 0.1) is 18.8 Å². The summed E-state index contributed by atoms with van der Waals surface area (Å²) >= 11 is 0. The molecular weight excluding hydrogens is 254 g/mol. The second-order valence-electron chi connectivity index (χ2n) is 5.39. The van der Waals surface area contributed by atoms with Gasteiger partial charge in [-0.1, -0.05) is 12.1 Å². The molecule has 4 nitrogen and oxygen atoms in total. The van der Waals surface area contributed by atoms with Gasteiger partial charge in [0, 0.05) is 13.7 Å². The number of methoxy groups -OCH3 is 1.